The van der Waals surface area contributed by atoms with E-state index in [1.165, 1.54) is 0 Å². The zero-order valence-electron chi connectivity index (χ0n) is 7.09. The van der Waals surface area contributed by atoms with E-state index in [-0.39, 0.29) is 10.8 Å². The van der Waals surface area contributed by atoms with Crippen molar-refractivity contribution in [3.05, 3.63) is 34.0 Å². The molecule has 1 aliphatic heterocycles. The fourth-order valence-electron chi connectivity index (χ4n) is 1.80. The van der Waals surface area contributed by atoms with Gasteiger partial charge in [0, 0.05) is 11.1 Å². The smallest absolute Gasteiger partial charge is 0.239 e. The molecule has 13 heavy (non-hydrogen) atoms. The van der Waals surface area contributed by atoms with Crippen molar-refractivity contribution in [2.75, 3.05) is 0 Å². The summed E-state index contributed by atoms with van der Waals surface area (Å²) in [6.07, 6.45) is 8.75. The number of nitrogens with zero attached hydrogens (tertiary/aromatic N) is 2. The number of fused-ring (bicyclic) bond motifs is 1. The maximum atomic E-state index is 10.7. The van der Waals surface area contributed by atoms with Crippen molar-refractivity contribution < 1.29 is 4.92 Å². The molecule has 1 aliphatic carbocycles. The lowest BCUT2D eigenvalue weighted by Gasteiger charge is -2.23. The van der Waals surface area contributed by atoms with E-state index < -0.39 is 6.04 Å². The molecular weight excluding hydrogens is 168 g/mol. The molecule has 0 bridgehead atoms. The zero-order chi connectivity index (χ0) is 9.26. The van der Waals surface area contributed by atoms with Crippen LogP contribution in [0.5, 0.6) is 0 Å². The molecule has 0 aromatic heterocycles. The summed E-state index contributed by atoms with van der Waals surface area (Å²) >= 11 is 0. The van der Waals surface area contributed by atoms with Crippen LogP contribution in [0.1, 0.15) is 12.8 Å². The average molecular weight is 178 g/mol. The normalized spacial score (nSPS) is 30.9. The van der Waals surface area contributed by atoms with Crippen LogP contribution in [0.3, 0.4) is 0 Å². The molecule has 0 radical (unpaired) electrons. The van der Waals surface area contributed by atoms with Crippen molar-refractivity contribution in [2.24, 2.45) is 10.9 Å². The van der Waals surface area contributed by atoms with Gasteiger partial charge in [0.2, 0.25) is 6.04 Å². The Bertz CT molecular complexity index is 318. The van der Waals surface area contributed by atoms with Gasteiger partial charge in [0.15, 0.2) is 0 Å². The standard InChI is InChI=1S/C9H10N2O2/c12-11(13)9-5-1-4-8-7(9)3-2-6-10-8/h1,4-7,9H,2-3H2. The number of nitro groups is 1. The predicted molar refractivity (Wildman–Crippen MR) is 49.2 cm³/mol. The van der Waals surface area contributed by atoms with Crippen molar-refractivity contribution in [3.8, 4) is 0 Å². The molecule has 4 heteroatoms. The van der Waals surface area contributed by atoms with Crippen molar-refractivity contribution in [1.29, 1.82) is 0 Å². The first-order valence-electron chi connectivity index (χ1n) is 4.33. The summed E-state index contributed by atoms with van der Waals surface area (Å²) in [5.74, 6) is -0.00926. The van der Waals surface area contributed by atoms with Crippen LogP contribution in [-0.2, 0) is 0 Å². The molecule has 0 aromatic rings. The van der Waals surface area contributed by atoms with Crippen molar-refractivity contribution in [3.63, 3.8) is 0 Å². The Kier molecular flexibility index (Phi) is 1.96. The van der Waals surface area contributed by atoms with Gasteiger partial charge in [-0.05, 0) is 25.0 Å². The molecule has 0 spiro atoms. The second-order valence-corrected chi connectivity index (χ2v) is 3.25. The number of aliphatic imine (C=N–C) groups is 1. The fourth-order valence-corrected chi connectivity index (χ4v) is 1.80. The van der Waals surface area contributed by atoms with Gasteiger partial charge < -0.3 is 0 Å². The molecular formula is C9H10N2O2. The summed E-state index contributed by atoms with van der Waals surface area (Å²) in [7, 11) is 0. The van der Waals surface area contributed by atoms with Gasteiger partial charge in [-0.25, -0.2) is 0 Å². The van der Waals surface area contributed by atoms with Crippen molar-refractivity contribution in [2.45, 2.75) is 18.9 Å². The molecule has 0 saturated carbocycles. The van der Waals surface area contributed by atoms with E-state index in [4.69, 9.17) is 0 Å². The van der Waals surface area contributed by atoms with Gasteiger partial charge in [-0.3, -0.25) is 15.1 Å². The van der Waals surface area contributed by atoms with Gasteiger partial charge in [0.25, 0.3) is 0 Å². The van der Waals surface area contributed by atoms with Gasteiger partial charge in [-0.1, -0.05) is 6.08 Å². The second kappa shape index (κ2) is 3.12. The lowest BCUT2D eigenvalue weighted by atomic mass is 9.87. The molecule has 0 fully saturated rings. The summed E-state index contributed by atoms with van der Waals surface area (Å²) in [5.41, 5.74) is 0.857. The molecule has 0 saturated heterocycles. The van der Waals surface area contributed by atoms with E-state index in [2.05, 4.69) is 4.99 Å². The van der Waals surface area contributed by atoms with Crippen LogP contribution in [0, 0.1) is 16.0 Å². The van der Waals surface area contributed by atoms with E-state index in [9.17, 15) is 10.1 Å². The van der Waals surface area contributed by atoms with Gasteiger partial charge in [-0.2, -0.15) is 0 Å². The Hall–Kier alpha value is -1.45. The van der Waals surface area contributed by atoms with Crippen LogP contribution < -0.4 is 0 Å². The monoisotopic (exact) mass is 178 g/mol. The summed E-state index contributed by atoms with van der Waals surface area (Å²) in [5, 5.41) is 10.7. The molecule has 68 valence electrons. The van der Waals surface area contributed by atoms with Crippen LogP contribution in [-0.4, -0.2) is 17.2 Å². The highest BCUT2D eigenvalue weighted by atomic mass is 16.6. The Morgan fingerprint density at radius 2 is 2.46 bits per heavy atom. The summed E-state index contributed by atoms with van der Waals surface area (Å²) in [6.45, 7) is 0. The number of hydrogen-bond acceptors (Lipinski definition) is 3. The third-order valence-electron chi connectivity index (χ3n) is 2.46. The van der Waals surface area contributed by atoms with Crippen LogP contribution in [0.2, 0.25) is 0 Å². The minimum atomic E-state index is -0.572. The highest BCUT2D eigenvalue weighted by molar-refractivity contribution is 5.61. The first-order chi connectivity index (χ1) is 6.29. The Morgan fingerprint density at radius 1 is 1.62 bits per heavy atom. The van der Waals surface area contributed by atoms with E-state index in [1.54, 1.807) is 12.2 Å². The second-order valence-electron chi connectivity index (χ2n) is 3.25. The largest absolute Gasteiger partial charge is 0.265 e. The lowest BCUT2D eigenvalue weighted by Crippen LogP contribution is -2.31. The molecule has 0 amide bonds. The number of hydrogen-bond donors (Lipinski definition) is 0. The summed E-state index contributed by atoms with van der Waals surface area (Å²) in [4.78, 5) is 14.6. The molecule has 0 N–H and O–H groups in total. The van der Waals surface area contributed by atoms with Crippen LogP contribution >= 0.6 is 0 Å². The van der Waals surface area contributed by atoms with Gasteiger partial charge in [0.1, 0.15) is 0 Å². The van der Waals surface area contributed by atoms with Gasteiger partial charge in [-0.15, -0.1) is 0 Å². The van der Waals surface area contributed by atoms with E-state index in [0.29, 0.717) is 0 Å². The lowest BCUT2D eigenvalue weighted by molar-refractivity contribution is -0.517. The number of allylic oxidation sites excluding steroid dienone is 2. The maximum absolute atomic E-state index is 10.7. The fraction of sp³-hybridized carbons (Fsp3) is 0.444. The molecule has 1 heterocycles. The minimum absolute atomic E-state index is 0.00926. The SMILES string of the molecule is O=[N+]([O-])C1C=CC=C2N=CCCC21. The number of rotatable bonds is 1. The summed E-state index contributed by atoms with van der Waals surface area (Å²) < 4.78 is 0. The Labute approximate surface area is 75.8 Å². The summed E-state index contributed by atoms with van der Waals surface area (Å²) in [6, 6.07) is -0.572. The molecule has 0 aromatic carbocycles. The predicted octanol–water partition coefficient (Wildman–Crippen LogP) is 1.57. The molecule has 2 atom stereocenters. The van der Waals surface area contributed by atoms with Crippen molar-refractivity contribution in [1.82, 2.24) is 0 Å². The molecule has 4 nitrogen and oxygen atoms in total. The molecule has 2 rings (SSSR count). The Balaban J connectivity index is 2.29. The highest BCUT2D eigenvalue weighted by Gasteiger charge is 2.34. The van der Waals surface area contributed by atoms with E-state index >= 15 is 0 Å². The highest BCUT2D eigenvalue weighted by Crippen LogP contribution is 2.30. The first kappa shape index (κ1) is 8.16. The van der Waals surface area contributed by atoms with E-state index in [1.807, 2.05) is 12.3 Å². The zero-order valence-corrected chi connectivity index (χ0v) is 7.09. The van der Waals surface area contributed by atoms with Gasteiger partial charge >= 0.3 is 0 Å². The third kappa shape index (κ3) is 1.39. The van der Waals surface area contributed by atoms with Crippen LogP contribution in [0.25, 0.3) is 0 Å². The van der Waals surface area contributed by atoms with Crippen molar-refractivity contribution >= 4 is 6.21 Å². The minimum Gasteiger partial charge on any atom is -0.265 e. The van der Waals surface area contributed by atoms with E-state index in [0.717, 1.165) is 18.5 Å². The quantitative estimate of drug-likeness (QED) is 0.452. The molecule has 2 aliphatic rings. The molecule has 2 unspecified atom stereocenters. The maximum Gasteiger partial charge on any atom is 0.239 e. The van der Waals surface area contributed by atoms with Gasteiger partial charge in [0.05, 0.1) is 11.6 Å². The Morgan fingerprint density at radius 3 is 3.23 bits per heavy atom. The van der Waals surface area contributed by atoms with Crippen LogP contribution in [0.4, 0.5) is 0 Å². The topological polar surface area (TPSA) is 55.5 Å². The average Bonchev–Trinajstić information content (AvgIpc) is 2.17. The third-order valence-corrected chi connectivity index (χ3v) is 2.46. The van der Waals surface area contributed by atoms with Crippen LogP contribution in [0.15, 0.2) is 28.9 Å². The first-order valence-corrected chi connectivity index (χ1v) is 4.33.